The minimum Gasteiger partial charge on any atom is -0.264 e. The van der Waals surface area contributed by atoms with Gasteiger partial charge in [-0.15, -0.1) is 0 Å². The van der Waals surface area contributed by atoms with E-state index in [9.17, 15) is 8.42 Å². The van der Waals surface area contributed by atoms with Gasteiger partial charge < -0.3 is 0 Å². The van der Waals surface area contributed by atoms with Gasteiger partial charge in [-0.1, -0.05) is 33.3 Å². The number of sulfonamides is 1. The second-order valence-electron chi connectivity index (χ2n) is 6.33. The molecule has 0 aromatic carbocycles. The lowest BCUT2D eigenvalue weighted by Crippen LogP contribution is -2.33. The van der Waals surface area contributed by atoms with E-state index in [1.54, 1.807) is 4.31 Å². The van der Waals surface area contributed by atoms with Crippen LogP contribution in [0.4, 0.5) is 0 Å². The summed E-state index contributed by atoms with van der Waals surface area (Å²) in [5.41, 5.74) is 2.98. The van der Waals surface area contributed by atoms with Crippen molar-refractivity contribution in [3.8, 4) is 0 Å². The average molecular weight is 285 g/mol. The van der Waals surface area contributed by atoms with E-state index in [4.69, 9.17) is 0 Å². The highest BCUT2D eigenvalue weighted by Crippen LogP contribution is 2.44. The molecule has 0 amide bonds. The zero-order valence-corrected chi connectivity index (χ0v) is 14.2. The van der Waals surface area contributed by atoms with Crippen LogP contribution in [0, 0.1) is 11.8 Å². The van der Waals surface area contributed by atoms with E-state index in [2.05, 4.69) is 13.8 Å². The number of allylic oxidation sites excluding steroid dienone is 3. The SMILES string of the molecule is CC(C)=C1C(C(C)C)=C(C(C)C)S(=O)(=O)N1C(C)C. The molecule has 0 atom stereocenters. The first-order valence-electron chi connectivity index (χ1n) is 6.99. The predicted octanol–water partition coefficient (Wildman–Crippen LogP) is 3.90. The second kappa shape index (κ2) is 5.31. The molecule has 0 unspecified atom stereocenters. The first kappa shape index (κ1) is 16.3. The molecule has 3 nitrogen and oxygen atoms in total. The topological polar surface area (TPSA) is 37.4 Å². The molecule has 0 aliphatic carbocycles. The van der Waals surface area contributed by atoms with E-state index < -0.39 is 10.0 Å². The summed E-state index contributed by atoms with van der Waals surface area (Å²) in [4.78, 5) is 0.604. The van der Waals surface area contributed by atoms with Crippen molar-refractivity contribution in [2.45, 2.75) is 61.4 Å². The lowest BCUT2D eigenvalue weighted by atomic mass is 9.93. The first-order chi connectivity index (χ1) is 8.53. The molecule has 4 heteroatoms. The molecule has 1 aliphatic rings. The maximum absolute atomic E-state index is 12.8. The van der Waals surface area contributed by atoms with Crippen LogP contribution in [0.1, 0.15) is 55.4 Å². The third kappa shape index (κ3) is 2.60. The molecular weight excluding hydrogens is 258 g/mol. The summed E-state index contributed by atoms with van der Waals surface area (Å²) in [6, 6.07) is -0.0556. The summed E-state index contributed by atoms with van der Waals surface area (Å²) in [6.07, 6.45) is 0. The number of nitrogens with zero attached hydrogens (tertiary/aromatic N) is 1. The van der Waals surface area contributed by atoms with Crippen molar-refractivity contribution in [3.63, 3.8) is 0 Å². The maximum Gasteiger partial charge on any atom is 0.261 e. The number of rotatable bonds is 3. The van der Waals surface area contributed by atoms with Gasteiger partial charge in [-0.2, -0.15) is 0 Å². The van der Waals surface area contributed by atoms with Gasteiger partial charge in [0.15, 0.2) is 0 Å². The fourth-order valence-electron chi connectivity index (χ4n) is 2.79. The fraction of sp³-hybridized carbons (Fsp3) is 0.733. The Morgan fingerprint density at radius 3 is 1.68 bits per heavy atom. The van der Waals surface area contributed by atoms with Gasteiger partial charge in [0.05, 0.1) is 10.6 Å². The van der Waals surface area contributed by atoms with Crippen LogP contribution in [0.15, 0.2) is 21.7 Å². The quantitative estimate of drug-likeness (QED) is 0.788. The largest absolute Gasteiger partial charge is 0.264 e. The Bertz CT molecular complexity index is 518. The Kier molecular flexibility index (Phi) is 4.55. The van der Waals surface area contributed by atoms with E-state index in [0.717, 1.165) is 16.8 Å². The van der Waals surface area contributed by atoms with Crippen LogP contribution < -0.4 is 0 Å². The molecule has 0 fully saturated rings. The van der Waals surface area contributed by atoms with Gasteiger partial charge in [0.2, 0.25) is 0 Å². The van der Waals surface area contributed by atoms with Crippen molar-refractivity contribution in [1.29, 1.82) is 0 Å². The van der Waals surface area contributed by atoms with Crippen molar-refractivity contribution in [2.75, 3.05) is 0 Å². The fourth-order valence-corrected chi connectivity index (χ4v) is 5.29. The number of hydrogen-bond acceptors (Lipinski definition) is 2. The van der Waals surface area contributed by atoms with Crippen molar-refractivity contribution in [1.82, 2.24) is 4.31 Å². The summed E-state index contributed by atoms with van der Waals surface area (Å²) < 4.78 is 27.3. The van der Waals surface area contributed by atoms with Gasteiger partial charge in [0.1, 0.15) is 0 Å². The Hall–Kier alpha value is -0.770. The second-order valence-corrected chi connectivity index (χ2v) is 8.11. The Morgan fingerprint density at radius 2 is 1.42 bits per heavy atom. The molecule has 0 saturated heterocycles. The Labute approximate surface area is 118 Å². The van der Waals surface area contributed by atoms with Crippen LogP contribution in [0.2, 0.25) is 0 Å². The minimum absolute atomic E-state index is 0.0144. The van der Waals surface area contributed by atoms with E-state index in [0.29, 0.717) is 4.91 Å². The van der Waals surface area contributed by atoms with Crippen LogP contribution in [-0.4, -0.2) is 18.8 Å². The standard InChI is InChI=1S/C15H27NO2S/c1-9(2)13-14(10(3)4)16(12(7)8)19(17,18)15(13)11(5)6/h9,11-12H,1-8H3. The van der Waals surface area contributed by atoms with Crippen LogP contribution >= 0.6 is 0 Å². The molecule has 110 valence electrons. The average Bonchev–Trinajstić information content (AvgIpc) is 2.45. The molecule has 0 radical (unpaired) electrons. The molecule has 1 aliphatic heterocycles. The third-order valence-electron chi connectivity index (χ3n) is 3.32. The van der Waals surface area contributed by atoms with Gasteiger partial charge in [0, 0.05) is 6.04 Å². The highest BCUT2D eigenvalue weighted by atomic mass is 32.2. The third-order valence-corrected chi connectivity index (χ3v) is 5.69. The van der Waals surface area contributed by atoms with Crippen molar-refractivity contribution in [2.24, 2.45) is 11.8 Å². The highest BCUT2D eigenvalue weighted by molar-refractivity contribution is 7.93. The summed E-state index contributed by atoms with van der Waals surface area (Å²) in [5, 5.41) is 0. The van der Waals surface area contributed by atoms with E-state index in [-0.39, 0.29) is 17.9 Å². The molecule has 0 aromatic heterocycles. The molecule has 0 N–H and O–H groups in total. The molecule has 19 heavy (non-hydrogen) atoms. The van der Waals surface area contributed by atoms with Gasteiger partial charge in [-0.3, -0.25) is 4.31 Å². The smallest absolute Gasteiger partial charge is 0.261 e. The lowest BCUT2D eigenvalue weighted by molar-refractivity contribution is 0.427. The first-order valence-corrected chi connectivity index (χ1v) is 8.43. The van der Waals surface area contributed by atoms with Crippen molar-refractivity contribution in [3.05, 3.63) is 21.7 Å². The molecule has 0 saturated carbocycles. The van der Waals surface area contributed by atoms with Crippen molar-refractivity contribution >= 4 is 10.0 Å². The van der Waals surface area contributed by atoms with Gasteiger partial charge in [-0.05, 0) is 45.1 Å². The highest BCUT2D eigenvalue weighted by Gasteiger charge is 2.43. The lowest BCUT2D eigenvalue weighted by Gasteiger charge is -2.27. The van der Waals surface area contributed by atoms with E-state index in [1.165, 1.54) is 0 Å². The molecular formula is C15H27NO2S. The maximum atomic E-state index is 12.8. The summed E-state index contributed by atoms with van der Waals surface area (Å²) >= 11 is 0. The van der Waals surface area contributed by atoms with E-state index in [1.807, 2.05) is 41.5 Å². The molecule has 0 bridgehead atoms. The molecule has 1 heterocycles. The van der Waals surface area contributed by atoms with Gasteiger partial charge in [-0.25, -0.2) is 8.42 Å². The normalized spacial score (nSPS) is 19.3. The number of hydrogen-bond donors (Lipinski definition) is 0. The molecule has 1 rings (SSSR count). The van der Waals surface area contributed by atoms with Crippen LogP contribution in [0.3, 0.4) is 0 Å². The zero-order valence-electron chi connectivity index (χ0n) is 13.4. The summed E-state index contributed by atoms with van der Waals surface area (Å²) in [6.45, 7) is 15.9. The minimum atomic E-state index is -3.36. The van der Waals surface area contributed by atoms with Gasteiger partial charge in [0.25, 0.3) is 10.0 Å². The van der Waals surface area contributed by atoms with Gasteiger partial charge >= 0.3 is 0 Å². The van der Waals surface area contributed by atoms with Crippen LogP contribution in [0.5, 0.6) is 0 Å². The Balaban J connectivity index is 3.75. The van der Waals surface area contributed by atoms with Crippen LogP contribution in [0.25, 0.3) is 0 Å². The molecule has 0 aromatic rings. The zero-order chi connectivity index (χ0) is 15.1. The molecule has 0 spiro atoms. The summed E-state index contributed by atoms with van der Waals surface area (Å²) in [7, 11) is -3.36. The van der Waals surface area contributed by atoms with E-state index >= 15 is 0 Å². The van der Waals surface area contributed by atoms with Crippen molar-refractivity contribution < 1.29 is 8.42 Å². The monoisotopic (exact) mass is 285 g/mol. The summed E-state index contributed by atoms with van der Waals surface area (Å²) in [5.74, 6) is 0.223. The Morgan fingerprint density at radius 1 is 0.947 bits per heavy atom. The van der Waals surface area contributed by atoms with Crippen LogP contribution in [-0.2, 0) is 10.0 Å². The predicted molar refractivity (Wildman–Crippen MR) is 81.0 cm³/mol.